The van der Waals surface area contributed by atoms with Gasteiger partial charge in [-0.1, -0.05) is 0 Å². The summed E-state index contributed by atoms with van der Waals surface area (Å²) in [7, 11) is 3.49. The molecule has 1 aromatic carbocycles. The standard InChI is InChI=1S/C19H27N5O2.C5H10O2/c1-21-18-10-16(23-19(20)24-18)14-3-4-17(15(9-14)12-25-2)26-11-13-5-7-22-8-6-13;1-5(2,3)7-4-6/h3-4,9-10,13,22H,5-8,11-12H2,1-2H3,(H3,20,21,23,24);4H,1-3H3. The number of anilines is 2. The van der Waals surface area contributed by atoms with E-state index in [0.29, 0.717) is 24.8 Å². The molecule has 3 rings (SSSR count). The molecule has 1 aromatic heterocycles. The SMILES string of the molecule is CC(C)(C)OC=O.CNc1cc(-c2ccc(OCC3CCNCC3)c(COC)c2)nc(N)n1. The minimum absolute atomic E-state index is 0.242. The maximum Gasteiger partial charge on any atom is 0.293 e. The van der Waals surface area contributed by atoms with Gasteiger partial charge in [0.25, 0.3) is 6.47 Å². The lowest BCUT2D eigenvalue weighted by Crippen LogP contribution is -2.30. The van der Waals surface area contributed by atoms with Gasteiger partial charge in [0, 0.05) is 31.4 Å². The fraction of sp³-hybridized carbons (Fsp3) is 0.542. The number of rotatable bonds is 8. The molecule has 1 aliphatic heterocycles. The number of nitrogens with one attached hydrogen (secondary N) is 2. The summed E-state index contributed by atoms with van der Waals surface area (Å²) < 4.78 is 16.0. The van der Waals surface area contributed by atoms with E-state index >= 15 is 0 Å². The highest BCUT2D eigenvalue weighted by atomic mass is 16.5. The number of carbonyl (C=O) groups is 1. The van der Waals surface area contributed by atoms with Crippen LogP contribution < -0.4 is 21.1 Å². The maximum absolute atomic E-state index is 9.60. The Labute approximate surface area is 196 Å². The number of carbonyl (C=O) groups excluding carboxylic acids is 1. The predicted molar refractivity (Wildman–Crippen MR) is 130 cm³/mol. The van der Waals surface area contributed by atoms with Crippen LogP contribution in [0.15, 0.2) is 24.3 Å². The molecule has 0 atom stereocenters. The number of nitrogens with two attached hydrogens (primary N) is 1. The molecule has 1 saturated heterocycles. The van der Waals surface area contributed by atoms with Crippen LogP contribution >= 0.6 is 0 Å². The largest absolute Gasteiger partial charge is 0.493 e. The zero-order chi connectivity index (χ0) is 24.3. The number of benzene rings is 1. The van der Waals surface area contributed by atoms with Crippen LogP contribution in [0.3, 0.4) is 0 Å². The summed E-state index contributed by atoms with van der Waals surface area (Å²) in [4.78, 5) is 18.1. The smallest absolute Gasteiger partial charge is 0.293 e. The molecule has 4 N–H and O–H groups in total. The Kier molecular flexibility index (Phi) is 10.3. The molecule has 0 unspecified atom stereocenters. The summed E-state index contributed by atoms with van der Waals surface area (Å²) in [6.45, 7) is 9.28. The van der Waals surface area contributed by atoms with E-state index in [9.17, 15) is 4.79 Å². The van der Waals surface area contributed by atoms with Crippen LogP contribution in [0.4, 0.5) is 11.8 Å². The molecule has 2 aromatic rings. The van der Waals surface area contributed by atoms with E-state index in [0.717, 1.165) is 55.1 Å². The van der Waals surface area contributed by atoms with Crippen molar-refractivity contribution < 1.29 is 19.0 Å². The molecule has 0 spiro atoms. The van der Waals surface area contributed by atoms with E-state index in [1.807, 2.05) is 45.0 Å². The second-order valence-electron chi connectivity index (χ2n) is 8.83. The van der Waals surface area contributed by atoms with Crippen molar-refractivity contribution in [2.75, 3.05) is 44.9 Å². The van der Waals surface area contributed by atoms with E-state index in [2.05, 4.69) is 25.3 Å². The Morgan fingerprint density at radius 3 is 2.52 bits per heavy atom. The third-order valence-electron chi connectivity index (χ3n) is 4.99. The highest BCUT2D eigenvalue weighted by Crippen LogP contribution is 2.28. The first-order valence-electron chi connectivity index (χ1n) is 11.1. The summed E-state index contributed by atoms with van der Waals surface area (Å²) >= 11 is 0. The summed E-state index contributed by atoms with van der Waals surface area (Å²) in [5.74, 6) is 2.40. The summed E-state index contributed by atoms with van der Waals surface area (Å²) in [6.07, 6.45) is 2.31. The Morgan fingerprint density at radius 1 is 1.21 bits per heavy atom. The third-order valence-corrected chi connectivity index (χ3v) is 4.99. The van der Waals surface area contributed by atoms with Gasteiger partial charge in [0.1, 0.15) is 17.2 Å². The zero-order valence-electron chi connectivity index (χ0n) is 20.3. The molecule has 182 valence electrons. The first-order chi connectivity index (χ1) is 15.8. The van der Waals surface area contributed by atoms with Gasteiger partial charge >= 0.3 is 0 Å². The molecular weight excluding hydrogens is 422 g/mol. The second-order valence-corrected chi connectivity index (χ2v) is 8.83. The molecule has 0 radical (unpaired) electrons. The van der Waals surface area contributed by atoms with Crippen LogP contribution in [-0.4, -0.2) is 55.9 Å². The number of aromatic nitrogens is 2. The van der Waals surface area contributed by atoms with Crippen molar-refractivity contribution in [2.24, 2.45) is 5.92 Å². The van der Waals surface area contributed by atoms with Gasteiger partial charge in [-0.3, -0.25) is 4.79 Å². The van der Waals surface area contributed by atoms with Crippen molar-refractivity contribution in [1.82, 2.24) is 15.3 Å². The average Bonchev–Trinajstić information content (AvgIpc) is 2.78. The van der Waals surface area contributed by atoms with Crippen molar-refractivity contribution in [3.05, 3.63) is 29.8 Å². The number of hydrogen-bond acceptors (Lipinski definition) is 9. The van der Waals surface area contributed by atoms with Crippen molar-refractivity contribution in [3.8, 4) is 17.0 Å². The number of ether oxygens (including phenoxy) is 3. The molecule has 1 fully saturated rings. The molecule has 0 amide bonds. The summed E-state index contributed by atoms with van der Waals surface area (Å²) in [6, 6.07) is 7.90. The first kappa shape index (κ1) is 26.3. The van der Waals surface area contributed by atoms with Gasteiger partial charge < -0.3 is 30.6 Å². The average molecular weight is 460 g/mol. The zero-order valence-corrected chi connectivity index (χ0v) is 20.3. The van der Waals surface area contributed by atoms with Crippen LogP contribution in [0.1, 0.15) is 39.2 Å². The fourth-order valence-corrected chi connectivity index (χ4v) is 3.29. The number of hydrogen-bond donors (Lipinski definition) is 3. The Morgan fingerprint density at radius 2 is 1.94 bits per heavy atom. The van der Waals surface area contributed by atoms with E-state index < -0.39 is 0 Å². The van der Waals surface area contributed by atoms with Crippen molar-refractivity contribution in [3.63, 3.8) is 0 Å². The molecule has 2 heterocycles. The van der Waals surface area contributed by atoms with Gasteiger partial charge in [0.15, 0.2) is 0 Å². The molecule has 0 saturated carbocycles. The highest BCUT2D eigenvalue weighted by molar-refractivity contribution is 5.66. The number of piperidine rings is 1. The maximum atomic E-state index is 9.60. The topological polar surface area (TPSA) is 121 Å². The normalized spacial score (nSPS) is 14.1. The lowest BCUT2D eigenvalue weighted by Gasteiger charge is -2.23. The number of nitrogen functional groups attached to an aromatic ring is 1. The Bertz CT molecular complexity index is 880. The predicted octanol–water partition coefficient (Wildman–Crippen LogP) is 3.25. The van der Waals surface area contributed by atoms with Crippen molar-refractivity contribution in [1.29, 1.82) is 0 Å². The monoisotopic (exact) mass is 459 g/mol. The van der Waals surface area contributed by atoms with Crippen LogP contribution in [0.2, 0.25) is 0 Å². The van der Waals surface area contributed by atoms with Crippen LogP contribution in [0.25, 0.3) is 11.3 Å². The lowest BCUT2D eigenvalue weighted by atomic mass is 9.99. The highest BCUT2D eigenvalue weighted by Gasteiger charge is 2.15. The first-order valence-corrected chi connectivity index (χ1v) is 11.1. The van der Waals surface area contributed by atoms with Crippen molar-refractivity contribution >= 4 is 18.2 Å². The quantitative estimate of drug-likeness (QED) is 0.511. The summed E-state index contributed by atoms with van der Waals surface area (Å²) in [5, 5.41) is 6.38. The lowest BCUT2D eigenvalue weighted by molar-refractivity contribution is -0.138. The molecule has 9 nitrogen and oxygen atoms in total. The molecule has 33 heavy (non-hydrogen) atoms. The molecular formula is C24H37N5O4. The second kappa shape index (κ2) is 13.0. The van der Waals surface area contributed by atoms with Gasteiger partial charge in [-0.15, -0.1) is 0 Å². The fourth-order valence-electron chi connectivity index (χ4n) is 3.29. The van der Waals surface area contributed by atoms with Crippen LogP contribution in [0, 0.1) is 5.92 Å². The van der Waals surface area contributed by atoms with E-state index in [1.165, 1.54) is 0 Å². The molecule has 0 bridgehead atoms. The van der Waals surface area contributed by atoms with Gasteiger partial charge in [-0.25, -0.2) is 4.98 Å². The Hall–Kier alpha value is -2.91. The van der Waals surface area contributed by atoms with E-state index in [1.54, 1.807) is 14.2 Å². The van der Waals surface area contributed by atoms with E-state index in [4.69, 9.17) is 15.2 Å². The Balaban J connectivity index is 0.000000479. The third kappa shape index (κ3) is 9.23. The molecule has 9 heteroatoms. The number of methoxy groups -OCH3 is 1. The van der Waals surface area contributed by atoms with Crippen LogP contribution in [0.5, 0.6) is 5.75 Å². The van der Waals surface area contributed by atoms with Crippen molar-refractivity contribution in [2.45, 2.75) is 45.8 Å². The van der Waals surface area contributed by atoms with Gasteiger partial charge in [0.2, 0.25) is 5.95 Å². The minimum atomic E-state index is -0.318. The van der Waals surface area contributed by atoms with Crippen LogP contribution in [-0.2, 0) is 20.9 Å². The van der Waals surface area contributed by atoms with E-state index in [-0.39, 0.29) is 11.5 Å². The number of nitrogens with zero attached hydrogens (tertiary/aromatic N) is 2. The van der Waals surface area contributed by atoms with Gasteiger partial charge in [-0.05, 0) is 70.8 Å². The van der Waals surface area contributed by atoms with Gasteiger partial charge in [0.05, 0.1) is 18.9 Å². The molecule has 0 aliphatic carbocycles. The summed E-state index contributed by atoms with van der Waals surface area (Å²) in [5.41, 5.74) is 8.22. The molecule has 1 aliphatic rings. The van der Waals surface area contributed by atoms with Gasteiger partial charge in [-0.2, -0.15) is 4.98 Å². The minimum Gasteiger partial charge on any atom is -0.493 e.